The Balaban J connectivity index is 3.83. The third-order valence-electron chi connectivity index (χ3n) is 2.58. The topological polar surface area (TPSA) is 57.6 Å². The molecule has 0 saturated carbocycles. The lowest BCUT2D eigenvalue weighted by Gasteiger charge is -2.24. The molecule has 0 spiro atoms. The van der Waals surface area contributed by atoms with Crippen molar-refractivity contribution < 1.29 is 14.7 Å². The van der Waals surface area contributed by atoms with Crippen LogP contribution in [-0.2, 0) is 9.59 Å². The summed E-state index contributed by atoms with van der Waals surface area (Å²) >= 11 is 1.77. The zero-order valence-electron chi connectivity index (χ0n) is 10.2. The first-order valence-corrected chi connectivity index (χ1v) is 6.84. The van der Waals surface area contributed by atoms with Crippen LogP contribution < -0.4 is 0 Å². The van der Waals surface area contributed by atoms with E-state index < -0.39 is 5.97 Å². The molecule has 0 heterocycles. The molecule has 1 unspecified atom stereocenters. The van der Waals surface area contributed by atoms with E-state index in [0.717, 1.165) is 12.2 Å². The zero-order valence-corrected chi connectivity index (χ0v) is 11.0. The minimum atomic E-state index is -0.842. The number of carbonyl (C=O) groups excluding carboxylic acids is 1. The van der Waals surface area contributed by atoms with Crippen LogP contribution in [0.1, 0.15) is 32.6 Å². The van der Waals surface area contributed by atoms with Crippen LogP contribution >= 0.6 is 11.8 Å². The van der Waals surface area contributed by atoms with Gasteiger partial charge in [-0.1, -0.05) is 0 Å². The van der Waals surface area contributed by atoms with Gasteiger partial charge >= 0.3 is 5.97 Å². The second-order valence-electron chi connectivity index (χ2n) is 3.88. The predicted molar refractivity (Wildman–Crippen MR) is 66.7 cm³/mol. The van der Waals surface area contributed by atoms with Crippen molar-refractivity contribution in [2.45, 2.75) is 38.6 Å². The third kappa shape index (κ3) is 6.71. The van der Waals surface area contributed by atoms with Crippen LogP contribution in [0.3, 0.4) is 0 Å². The Bertz CT molecular complexity index is 233. The smallest absolute Gasteiger partial charge is 0.303 e. The van der Waals surface area contributed by atoms with E-state index in [0.29, 0.717) is 12.8 Å². The number of hydrogen-bond donors (Lipinski definition) is 1. The van der Waals surface area contributed by atoms with Gasteiger partial charge in [0.25, 0.3) is 0 Å². The quantitative estimate of drug-likeness (QED) is 0.711. The van der Waals surface area contributed by atoms with Crippen molar-refractivity contribution in [1.82, 2.24) is 4.90 Å². The van der Waals surface area contributed by atoms with Gasteiger partial charge in [-0.2, -0.15) is 11.8 Å². The summed E-state index contributed by atoms with van der Waals surface area (Å²) in [7, 11) is 1.79. The molecular formula is C11H21NO3S. The molecule has 0 aliphatic rings. The second kappa shape index (κ2) is 8.44. The molecule has 0 aliphatic carbocycles. The molecule has 0 aromatic carbocycles. The van der Waals surface area contributed by atoms with E-state index in [1.165, 1.54) is 0 Å². The summed E-state index contributed by atoms with van der Waals surface area (Å²) < 4.78 is 0. The molecular weight excluding hydrogens is 226 g/mol. The van der Waals surface area contributed by atoms with E-state index in [1.807, 2.05) is 13.2 Å². The van der Waals surface area contributed by atoms with E-state index >= 15 is 0 Å². The molecule has 4 nitrogen and oxygen atoms in total. The van der Waals surface area contributed by atoms with Gasteiger partial charge in [-0.3, -0.25) is 9.59 Å². The molecule has 5 heteroatoms. The highest BCUT2D eigenvalue weighted by Crippen LogP contribution is 2.08. The highest BCUT2D eigenvalue weighted by molar-refractivity contribution is 7.98. The van der Waals surface area contributed by atoms with Crippen LogP contribution in [0.5, 0.6) is 0 Å². The van der Waals surface area contributed by atoms with Crippen LogP contribution in [0, 0.1) is 0 Å². The number of carboxylic acids is 1. The Morgan fingerprint density at radius 2 is 2.00 bits per heavy atom. The van der Waals surface area contributed by atoms with Crippen LogP contribution in [0.2, 0.25) is 0 Å². The first kappa shape index (κ1) is 15.3. The molecule has 0 radical (unpaired) electrons. The molecule has 0 rings (SSSR count). The molecule has 0 aromatic heterocycles. The Kier molecular flexibility index (Phi) is 8.07. The minimum Gasteiger partial charge on any atom is -0.481 e. The highest BCUT2D eigenvalue weighted by Gasteiger charge is 2.15. The van der Waals surface area contributed by atoms with Gasteiger partial charge < -0.3 is 10.0 Å². The summed E-state index contributed by atoms with van der Waals surface area (Å²) in [5.74, 6) is 0.231. The van der Waals surface area contributed by atoms with Crippen LogP contribution in [0.4, 0.5) is 0 Å². The van der Waals surface area contributed by atoms with Gasteiger partial charge in [-0.15, -0.1) is 0 Å². The van der Waals surface area contributed by atoms with Gasteiger partial charge in [0.1, 0.15) is 0 Å². The Morgan fingerprint density at radius 1 is 1.38 bits per heavy atom. The number of nitrogens with zero attached hydrogens (tertiary/aromatic N) is 1. The van der Waals surface area contributed by atoms with Crippen molar-refractivity contribution in [1.29, 1.82) is 0 Å². The number of hydrogen-bond acceptors (Lipinski definition) is 3. The Labute approximate surface area is 101 Å². The fourth-order valence-corrected chi connectivity index (χ4v) is 1.87. The van der Waals surface area contributed by atoms with Gasteiger partial charge in [0.2, 0.25) is 5.91 Å². The molecule has 1 amide bonds. The SMILES string of the molecule is CSCCC(C)N(C)C(=O)CCCC(=O)O. The largest absolute Gasteiger partial charge is 0.481 e. The normalized spacial score (nSPS) is 12.2. The average molecular weight is 247 g/mol. The zero-order chi connectivity index (χ0) is 12.6. The first-order valence-electron chi connectivity index (χ1n) is 5.45. The molecule has 0 aromatic rings. The Morgan fingerprint density at radius 3 is 2.50 bits per heavy atom. The van der Waals surface area contributed by atoms with Crippen molar-refractivity contribution in [3.05, 3.63) is 0 Å². The number of carbonyl (C=O) groups is 2. The molecule has 0 fully saturated rings. The second-order valence-corrected chi connectivity index (χ2v) is 4.87. The minimum absolute atomic E-state index is 0.0369. The standard InChI is InChI=1S/C11H21NO3S/c1-9(7-8-16-3)12(2)10(13)5-4-6-11(14)15/h9H,4-8H2,1-3H3,(H,14,15). The molecule has 1 atom stereocenters. The molecule has 16 heavy (non-hydrogen) atoms. The van der Waals surface area contributed by atoms with Crippen molar-refractivity contribution >= 4 is 23.6 Å². The van der Waals surface area contributed by atoms with Gasteiger partial charge in [-0.05, 0) is 31.8 Å². The highest BCUT2D eigenvalue weighted by atomic mass is 32.2. The van der Waals surface area contributed by atoms with Crippen LogP contribution in [-0.4, -0.2) is 47.0 Å². The first-order chi connectivity index (χ1) is 7.49. The van der Waals surface area contributed by atoms with E-state index in [-0.39, 0.29) is 18.4 Å². The van der Waals surface area contributed by atoms with E-state index in [1.54, 1.807) is 23.7 Å². The van der Waals surface area contributed by atoms with E-state index in [4.69, 9.17) is 5.11 Å². The van der Waals surface area contributed by atoms with E-state index in [9.17, 15) is 9.59 Å². The lowest BCUT2D eigenvalue weighted by atomic mass is 10.2. The number of carboxylic acid groups (broad SMARTS) is 1. The van der Waals surface area contributed by atoms with Gasteiger partial charge in [-0.25, -0.2) is 0 Å². The van der Waals surface area contributed by atoms with E-state index in [2.05, 4.69) is 0 Å². The third-order valence-corrected chi connectivity index (χ3v) is 3.22. The average Bonchev–Trinajstić information content (AvgIpc) is 2.24. The summed E-state index contributed by atoms with van der Waals surface area (Å²) in [6, 6.07) is 0.227. The number of aliphatic carboxylic acids is 1. The maximum absolute atomic E-state index is 11.7. The number of thioether (sulfide) groups is 1. The lowest BCUT2D eigenvalue weighted by Crippen LogP contribution is -2.35. The van der Waals surface area contributed by atoms with Gasteiger partial charge in [0.05, 0.1) is 0 Å². The summed E-state index contributed by atoms with van der Waals surface area (Å²) in [6.07, 6.45) is 3.84. The van der Waals surface area contributed by atoms with Crippen LogP contribution in [0.15, 0.2) is 0 Å². The molecule has 0 saturated heterocycles. The Hall–Kier alpha value is -0.710. The van der Waals surface area contributed by atoms with Gasteiger partial charge in [0, 0.05) is 25.9 Å². The van der Waals surface area contributed by atoms with Gasteiger partial charge in [0.15, 0.2) is 0 Å². The fourth-order valence-electron chi connectivity index (χ4n) is 1.30. The number of amides is 1. The maximum Gasteiger partial charge on any atom is 0.303 e. The molecule has 1 N–H and O–H groups in total. The van der Waals surface area contributed by atoms with Crippen molar-refractivity contribution in [2.24, 2.45) is 0 Å². The number of rotatable bonds is 8. The van der Waals surface area contributed by atoms with Crippen LogP contribution in [0.25, 0.3) is 0 Å². The van der Waals surface area contributed by atoms with Crippen molar-refractivity contribution in [3.63, 3.8) is 0 Å². The fraction of sp³-hybridized carbons (Fsp3) is 0.818. The van der Waals surface area contributed by atoms with Crippen molar-refractivity contribution in [2.75, 3.05) is 19.1 Å². The predicted octanol–water partition coefficient (Wildman–Crippen LogP) is 1.84. The summed E-state index contributed by atoms with van der Waals surface area (Å²) in [5, 5.41) is 8.46. The summed E-state index contributed by atoms with van der Waals surface area (Å²) in [6.45, 7) is 2.02. The molecule has 94 valence electrons. The molecule has 0 bridgehead atoms. The molecule has 0 aliphatic heterocycles. The summed E-state index contributed by atoms with van der Waals surface area (Å²) in [5.41, 5.74) is 0. The lowest BCUT2D eigenvalue weighted by molar-refractivity contribution is -0.137. The maximum atomic E-state index is 11.7. The van der Waals surface area contributed by atoms with Crippen molar-refractivity contribution in [3.8, 4) is 0 Å². The summed E-state index contributed by atoms with van der Waals surface area (Å²) in [4.78, 5) is 23.7. The monoisotopic (exact) mass is 247 g/mol.